The SMILES string of the molecule is COc1ccc(Cl)cc1C1=N/C(=C\c2ccc(OCc3ccc(Cl)cc3Cl)cc2)C(=O)O1. The predicted molar refractivity (Wildman–Crippen MR) is 126 cm³/mol. The smallest absolute Gasteiger partial charge is 0.363 e. The first-order valence-corrected chi connectivity index (χ1v) is 10.6. The lowest BCUT2D eigenvalue weighted by Crippen LogP contribution is -2.07. The Balaban J connectivity index is 1.49. The fraction of sp³-hybridized carbons (Fsp3) is 0.0833. The van der Waals surface area contributed by atoms with E-state index in [4.69, 9.17) is 49.0 Å². The Bertz CT molecular complexity index is 1240. The van der Waals surface area contributed by atoms with Crippen LogP contribution in [0.2, 0.25) is 15.1 Å². The van der Waals surface area contributed by atoms with Gasteiger partial charge in [0, 0.05) is 20.6 Å². The van der Waals surface area contributed by atoms with Crippen LogP contribution >= 0.6 is 34.8 Å². The molecule has 32 heavy (non-hydrogen) atoms. The van der Waals surface area contributed by atoms with Crippen LogP contribution in [-0.2, 0) is 16.1 Å². The molecule has 1 aliphatic rings. The number of hydrogen-bond acceptors (Lipinski definition) is 5. The molecule has 0 fully saturated rings. The lowest BCUT2D eigenvalue weighted by Gasteiger charge is -2.08. The molecule has 8 heteroatoms. The third-order valence-electron chi connectivity index (χ3n) is 4.61. The Labute approximate surface area is 199 Å². The van der Waals surface area contributed by atoms with Crippen molar-refractivity contribution in [2.24, 2.45) is 4.99 Å². The second kappa shape index (κ2) is 9.65. The van der Waals surface area contributed by atoms with Gasteiger partial charge >= 0.3 is 5.97 Å². The Morgan fingerprint density at radius 1 is 0.969 bits per heavy atom. The molecule has 0 aromatic heterocycles. The maximum absolute atomic E-state index is 12.3. The van der Waals surface area contributed by atoms with Crippen molar-refractivity contribution in [3.8, 4) is 11.5 Å². The number of aliphatic imine (C=N–C) groups is 1. The van der Waals surface area contributed by atoms with Gasteiger partial charge in [0.05, 0.1) is 12.7 Å². The summed E-state index contributed by atoms with van der Waals surface area (Å²) in [5.74, 6) is 0.740. The van der Waals surface area contributed by atoms with Gasteiger partial charge in [-0.2, -0.15) is 0 Å². The van der Waals surface area contributed by atoms with Gasteiger partial charge in [-0.25, -0.2) is 9.79 Å². The van der Waals surface area contributed by atoms with Crippen LogP contribution in [0.4, 0.5) is 0 Å². The van der Waals surface area contributed by atoms with Crippen LogP contribution in [-0.4, -0.2) is 19.0 Å². The molecule has 0 spiro atoms. The number of nitrogens with zero attached hydrogens (tertiary/aromatic N) is 1. The van der Waals surface area contributed by atoms with E-state index >= 15 is 0 Å². The van der Waals surface area contributed by atoms with Crippen molar-refractivity contribution < 1.29 is 19.0 Å². The standard InChI is InChI=1S/C24H16Cl3NO4/c1-30-22-9-6-16(25)11-19(22)23-28-21(24(29)32-23)10-14-2-7-18(8-3-14)31-13-15-4-5-17(26)12-20(15)27/h2-12H,13H2,1H3/b21-10-. The predicted octanol–water partition coefficient (Wildman–Crippen LogP) is 6.58. The Hall–Kier alpha value is -2.99. The molecule has 1 aliphatic heterocycles. The number of benzene rings is 3. The molecule has 0 radical (unpaired) electrons. The third-order valence-corrected chi connectivity index (χ3v) is 5.43. The molecule has 0 N–H and O–H groups in total. The number of halogens is 3. The summed E-state index contributed by atoms with van der Waals surface area (Å²) in [4.78, 5) is 16.6. The minimum absolute atomic E-state index is 0.139. The van der Waals surface area contributed by atoms with E-state index in [9.17, 15) is 4.79 Å². The average molecular weight is 489 g/mol. The van der Waals surface area contributed by atoms with Crippen LogP contribution in [0, 0.1) is 0 Å². The zero-order chi connectivity index (χ0) is 22.7. The molecule has 0 aliphatic carbocycles. The van der Waals surface area contributed by atoms with Crippen molar-refractivity contribution in [2.75, 3.05) is 7.11 Å². The number of hydrogen-bond donors (Lipinski definition) is 0. The van der Waals surface area contributed by atoms with Gasteiger partial charge in [-0.3, -0.25) is 0 Å². The highest BCUT2D eigenvalue weighted by Crippen LogP contribution is 2.28. The summed E-state index contributed by atoms with van der Waals surface area (Å²) in [6.45, 7) is 0.303. The maximum Gasteiger partial charge on any atom is 0.363 e. The molecule has 0 amide bonds. The fourth-order valence-electron chi connectivity index (χ4n) is 2.99. The first-order chi connectivity index (χ1) is 15.4. The second-order valence-electron chi connectivity index (χ2n) is 6.77. The maximum atomic E-state index is 12.3. The first-order valence-electron chi connectivity index (χ1n) is 9.46. The van der Waals surface area contributed by atoms with Gasteiger partial charge in [0.1, 0.15) is 18.1 Å². The van der Waals surface area contributed by atoms with Crippen molar-refractivity contribution in [1.82, 2.24) is 0 Å². The Morgan fingerprint density at radius 3 is 2.41 bits per heavy atom. The highest BCUT2D eigenvalue weighted by molar-refractivity contribution is 6.35. The molecular formula is C24H16Cl3NO4. The summed E-state index contributed by atoms with van der Waals surface area (Å²) in [5, 5.41) is 1.59. The molecule has 0 bridgehead atoms. The lowest BCUT2D eigenvalue weighted by molar-refractivity contribution is -0.129. The van der Waals surface area contributed by atoms with Crippen LogP contribution in [0.15, 0.2) is 71.4 Å². The number of cyclic esters (lactones) is 1. The second-order valence-corrected chi connectivity index (χ2v) is 8.05. The van der Waals surface area contributed by atoms with Crippen molar-refractivity contribution >= 4 is 52.7 Å². The largest absolute Gasteiger partial charge is 0.496 e. The molecule has 5 nitrogen and oxygen atoms in total. The van der Waals surface area contributed by atoms with Crippen LogP contribution in [0.1, 0.15) is 16.7 Å². The van der Waals surface area contributed by atoms with Crippen LogP contribution < -0.4 is 9.47 Å². The molecule has 0 saturated carbocycles. The molecular weight excluding hydrogens is 473 g/mol. The summed E-state index contributed by atoms with van der Waals surface area (Å²) < 4.78 is 16.4. The quantitative estimate of drug-likeness (QED) is 0.290. The van der Waals surface area contributed by atoms with E-state index in [1.165, 1.54) is 7.11 Å². The van der Waals surface area contributed by atoms with Gasteiger partial charge < -0.3 is 14.2 Å². The molecule has 0 unspecified atom stereocenters. The first kappa shape index (κ1) is 22.2. The third kappa shape index (κ3) is 5.07. The Kier molecular flexibility index (Phi) is 6.70. The summed E-state index contributed by atoms with van der Waals surface area (Å²) in [5.41, 5.74) is 2.26. The number of esters is 1. The van der Waals surface area contributed by atoms with E-state index in [1.54, 1.807) is 48.5 Å². The summed E-state index contributed by atoms with van der Waals surface area (Å²) in [6, 6.07) is 17.5. The van der Waals surface area contributed by atoms with E-state index in [0.29, 0.717) is 38.7 Å². The van der Waals surface area contributed by atoms with Crippen LogP contribution in [0.3, 0.4) is 0 Å². The van der Waals surface area contributed by atoms with Gasteiger partial charge in [-0.05, 0) is 54.1 Å². The van der Waals surface area contributed by atoms with Gasteiger partial charge in [-0.15, -0.1) is 0 Å². The minimum Gasteiger partial charge on any atom is -0.496 e. The average Bonchev–Trinajstić information content (AvgIpc) is 3.14. The zero-order valence-electron chi connectivity index (χ0n) is 16.8. The topological polar surface area (TPSA) is 57.1 Å². The normalized spacial score (nSPS) is 14.3. The van der Waals surface area contributed by atoms with Gasteiger partial charge in [-0.1, -0.05) is 53.0 Å². The molecule has 3 aromatic carbocycles. The molecule has 162 valence electrons. The van der Waals surface area contributed by atoms with Crippen molar-refractivity contribution in [3.63, 3.8) is 0 Å². The number of methoxy groups -OCH3 is 1. The van der Waals surface area contributed by atoms with E-state index in [-0.39, 0.29) is 11.6 Å². The number of carbonyl (C=O) groups is 1. The number of carbonyl (C=O) groups excluding carboxylic acids is 1. The lowest BCUT2D eigenvalue weighted by atomic mass is 10.2. The molecule has 3 aromatic rings. The van der Waals surface area contributed by atoms with E-state index < -0.39 is 5.97 Å². The van der Waals surface area contributed by atoms with Gasteiger partial charge in [0.25, 0.3) is 0 Å². The van der Waals surface area contributed by atoms with Crippen molar-refractivity contribution in [2.45, 2.75) is 6.61 Å². The molecule has 0 atom stereocenters. The zero-order valence-corrected chi connectivity index (χ0v) is 19.0. The van der Waals surface area contributed by atoms with E-state index in [2.05, 4.69) is 4.99 Å². The number of ether oxygens (including phenoxy) is 3. The van der Waals surface area contributed by atoms with Crippen LogP contribution in [0.5, 0.6) is 11.5 Å². The van der Waals surface area contributed by atoms with Crippen molar-refractivity contribution in [1.29, 1.82) is 0 Å². The van der Waals surface area contributed by atoms with Gasteiger partial charge in [0.15, 0.2) is 5.70 Å². The summed E-state index contributed by atoms with van der Waals surface area (Å²) in [7, 11) is 1.52. The minimum atomic E-state index is -0.556. The van der Waals surface area contributed by atoms with E-state index in [1.807, 2.05) is 18.2 Å². The highest BCUT2D eigenvalue weighted by atomic mass is 35.5. The van der Waals surface area contributed by atoms with E-state index in [0.717, 1.165) is 11.1 Å². The Morgan fingerprint density at radius 2 is 1.69 bits per heavy atom. The molecule has 1 heterocycles. The highest BCUT2D eigenvalue weighted by Gasteiger charge is 2.26. The van der Waals surface area contributed by atoms with Crippen molar-refractivity contribution in [3.05, 3.63) is 98.1 Å². The van der Waals surface area contributed by atoms with Crippen LogP contribution in [0.25, 0.3) is 6.08 Å². The molecule has 4 rings (SSSR count). The number of rotatable bonds is 6. The molecule has 0 saturated heterocycles. The van der Waals surface area contributed by atoms with Gasteiger partial charge in [0.2, 0.25) is 5.90 Å². The fourth-order valence-corrected chi connectivity index (χ4v) is 3.62. The summed E-state index contributed by atoms with van der Waals surface area (Å²) in [6.07, 6.45) is 1.63. The summed E-state index contributed by atoms with van der Waals surface area (Å²) >= 11 is 18.1. The monoisotopic (exact) mass is 487 g/mol.